The Balaban J connectivity index is 1.52. The minimum absolute atomic E-state index is 0.0296. The summed E-state index contributed by atoms with van der Waals surface area (Å²) in [7, 11) is -3.27. The van der Waals surface area contributed by atoms with Crippen molar-refractivity contribution < 1.29 is 27.9 Å². The molecule has 0 N–H and O–H groups in total. The van der Waals surface area contributed by atoms with Gasteiger partial charge in [0.25, 0.3) is 8.32 Å². The number of hydrogen-bond donors (Lipinski definition) is 0. The van der Waals surface area contributed by atoms with Gasteiger partial charge in [0, 0.05) is 12.5 Å². The summed E-state index contributed by atoms with van der Waals surface area (Å²) >= 11 is 0. The highest BCUT2D eigenvalue weighted by Crippen LogP contribution is 2.53. The van der Waals surface area contributed by atoms with Gasteiger partial charge in [0.1, 0.15) is 5.75 Å². The van der Waals surface area contributed by atoms with Gasteiger partial charge in [0.2, 0.25) is 0 Å². The lowest BCUT2D eigenvalue weighted by atomic mass is 9.60. The smallest absolute Gasteiger partial charge is 0.312 e. The summed E-state index contributed by atoms with van der Waals surface area (Å²) in [6.07, 6.45) is 3.07. The molecule has 6 nitrogen and oxygen atoms in total. The van der Waals surface area contributed by atoms with E-state index in [-0.39, 0.29) is 34.0 Å². The summed E-state index contributed by atoms with van der Waals surface area (Å²) in [4.78, 5) is 14.3. The second-order valence-corrected chi connectivity index (χ2v) is 29.3. The molecule has 3 aromatic carbocycles. The van der Waals surface area contributed by atoms with E-state index in [1.807, 2.05) is 24.3 Å². The van der Waals surface area contributed by atoms with Crippen LogP contribution < -0.4 is 15.1 Å². The van der Waals surface area contributed by atoms with Crippen molar-refractivity contribution in [2.24, 2.45) is 29.1 Å². The highest BCUT2D eigenvalue weighted by Gasteiger charge is 2.54. The van der Waals surface area contributed by atoms with Gasteiger partial charge in [-0.1, -0.05) is 141 Å². The van der Waals surface area contributed by atoms with E-state index in [2.05, 4.69) is 143 Å². The highest BCUT2D eigenvalue weighted by atomic mass is 28.4. The second kappa shape index (κ2) is 18.7. The van der Waals surface area contributed by atoms with Crippen molar-refractivity contribution in [2.75, 3.05) is 26.9 Å². The molecule has 5 rings (SSSR count). The fourth-order valence-electron chi connectivity index (χ4n) is 9.20. The number of cyclic esters (lactones) is 1. The van der Waals surface area contributed by atoms with Gasteiger partial charge in [-0.15, -0.1) is 0 Å². The lowest BCUT2D eigenvalue weighted by molar-refractivity contribution is -0.161. The van der Waals surface area contributed by atoms with Crippen LogP contribution in [0.5, 0.6) is 5.75 Å². The standard InChI is InChI=1S/C50H74O6Si2/c1-36(32-55-58(49(8,9)10,42-20-16-14-17-21-42)43-22-18-15-19-23-43)30-46(56-57(12,13)48(5,6)7)44-28-29-50(31-37(2)38(3)33-54-47(50)51)45(39(44)4)35-53-34-40-24-26-41(52-11)27-25-40/h14-27,36-38,45-46H,28-35H2,1-13H3/t36-,37-,38+,45-,46-,50+/m0/s1. The fraction of sp³-hybridized carbons (Fsp3) is 0.580. The molecule has 1 aliphatic carbocycles. The molecule has 6 atom stereocenters. The molecule has 58 heavy (non-hydrogen) atoms. The van der Waals surface area contributed by atoms with Gasteiger partial charge in [0.15, 0.2) is 8.32 Å². The SMILES string of the molecule is COc1ccc(COC[C@H]2C(C)=C([C@H](C[C@H](C)CO[Si](c3ccccc3)(c3ccccc3)C(C)(C)C)O[Si](C)(C)C(C)(C)C)CC[C@@]23C[C@H](C)[C@H](C)COC3=O)cc1. The number of methoxy groups -OCH3 is 1. The first kappa shape index (κ1) is 46.1. The summed E-state index contributed by atoms with van der Waals surface area (Å²) < 4.78 is 33.2. The minimum atomic E-state index is -2.72. The number of carbonyl (C=O) groups is 1. The van der Waals surface area contributed by atoms with Gasteiger partial charge < -0.3 is 23.1 Å². The first-order chi connectivity index (χ1) is 27.3. The second-order valence-electron chi connectivity index (χ2n) is 20.2. The maximum atomic E-state index is 14.3. The van der Waals surface area contributed by atoms with E-state index < -0.39 is 22.0 Å². The molecule has 0 radical (unpaired) electrons. The van der Waals surface area contributed by atoms with E-state index >= 15 is 0 Å². The molecule has 1 spiro atoms. The van der Waals surface area contributed by atoms with Crippen molar-refractivity contribution in [3.63, 3.8) is 0 Å². The van der Waals surface area contributed by atoms with E-state index in [0.29, 0.717) is 38.3 Å². The Hall–Kier alpha value is -3.02. The van der Waals surface area contributed by atoms with Crippen LogP contribution in [-0.2, 0) is 29.7 Å². The topological polar surface area (TPSA) is 63.2 Å². The Labute approximate surface area is 353 Å². The summed E-state index contributed by atoms with van der Waals surface area (Å²) in [6.45, 7) is 29.8. The Morgan fingerprint density at radius 2 is 1.43 bits per heavy atom. The van der Waals surface area contributed by atoms with Crippen molar-refractivity contribution in [1.29, 1.82) is 0 Å². The summed E-state index contributed by atoms with van der Waals surface area (Å²) in [5.74, 6) is 1.50. The normalized spacial score (nSPS) is 23.3. The first-order valence-electron chi connectivity index (χ1n) is 21.8. The molecule has 8 heteroatoms. The summed E-state index contributed by atoms with van der Waals surface area (Å²) in [5, 5.41) is 2.51. The predicted molar refractivity (Wildman–Crippen MR) is 244 cm³/mol. The van der Waals surface area contributed by atoms with Crippen molar-refractivity contribution in [2.45, 2.75) is 131 Å². The van der Waals surface area contributed by atoms with E-state index in [0.717, 1.165) is 37.0 Å². The Morgan fingerprint density at radius 3 is 1.97 bits per heavy atom. The van der Waals surface area contributed by atoms with E-state index in [4.69, 9.17) is 23.1 Å². The van der Waals surface area contributed by atoms with Crippen LogP contribution in [0.3, 0.4) is 0 Å². The molecule has 1 heterocycles. The molecule has 1 saturated heterocycles. The Kier molecular flexibility index (Phi) is 14.9. The molecule has 0 bridgehead atoms. The van der Waals surface area contributed by atoms with Gasteiger partial charge in [-0.2, -0.15) is 0 Å². The van der Waals surface area contributed by atoms with Crippen molar-refractivity contribution in [3.05, 3.63) is 102 Å². The molecular formula is C50H74O6Si2. The average molecular weight is 827 g/mol. The molecule has 318 valence electrons. The van der Waals surface area contributed by atoms with Crippen LogP contribution in [0.4, 0.5) is 0 Å². The van der Waals surface area contributed by atoms with Gasteiger partial charge in [0.05, 0.1) is 38.4 Å². The van der Waals surface area contributed by atoms with Gasteiger partial charge in [-0.05, 0) is 107 Å². The molecular weight excluding hydrogens is 753 g/mol. The molecule has 0 amide bonds. The zero-order chi connectivity index (χ0) is 42.5. The van der Waals surface area contributed by atoms with Crippen LogP contribution in [0.15, 0.2) is 96.1 Å². The monoisotopic (exact) mass is 827 g/mol. The van der Waals surface area contributed by atoms with E-state index in [9.17, 15) is 4.79 Å². The zero-order valence-electron chi connectivity index (χ0n) is 38.1. The van der Waals surface area contributed by atoms with Crippen molar-refractivity contribution >= 4 is 33.0 Å². The van der Waals surface area contributed by atoms with E-state index in [1.54, 1.807) is 7.11 Å². The van der Waals surface area contributed by atoms with Gasteiger partial charge in [-0.3, -0.25) is 4.79 Å². The van der Waals surface area contributed by atoms with Crippen molar-refractivity contribution in [3.8, 4) is 5.75 Å². The largest absolute Gasteiger partial charge is 0.497 e. The third-order valence-electron chi connectivity index (χ3n) is 14.0. The van der Waals surface area contributed by atoms with Crippen LogP contribution in [0.1, 0.15) is 100 Å². The molecule has 2 aliphatic rings. The number of esters is 1. The Bertz CT molecular complexity index is 1770. The third kappa shape index (κ3) is 9.95. The molecule has 0 aromatic heterocycles. The first-order valence-corrected chi connectivity index (χ1v) is 26.6. The number of ether oxygens (including phenoxy) is 3. The third-order valence-corrected chi connectivity index (χ3v) is 23.5. The lowest BCUT2D eigenvalue weighted by Crippen LogP contribution is -2.66. The molecule has 0 saturated carbocycles. The number of benzene rings is 3. The maximum Gasteiger partial charge on any atom is 0.312 e. The molecule has 1 aliphatic heterocycles. The van der Waals surface area contributed by atoms with E-state index in [1.165, 1.54) is 21.5 Å². The summed E-state index contributed by atoms with van der Waals surface area (Å²) in [5.41, 5.74) is 3.01. The quantitative estimate of drug-likeness (QED) is 0.0864. The van der Waals surface area contributed by atoms with Crippen LogP contribution in [0.25, 0.3) is 0 Å². The zero-order valence-corrected chi connectivity index (χ0v) is 40.1. The lowest BCUT2D eigenvalue weighted by Gasteiger charge is -2.47. The molecule has 3 aromatic rings. The predicted octanol–water partition coefficient (Wildman–Crippen LogP) is 11.1. The molecule has 0 unspecified atom stereocenters. The minimum Gasteiger partial charge on any atom is -0.497 e. The van der Waals surface area contributed by atoms with Crippen LogP contribution in [0.2, 0.25) is 23.2 Å². The van der Waals surface area contributed by atoms with Gasteiger partial charge in [-0.25, -0.2) is 0 Å². The van der Waals surface area contributed by atoms with Crippen LogP contribution in [0, 0.1) is 29.1 Å². The van der Waals surface area contributed by atoms with Crippen LogP contribution >= 0.6 is 0 Å². The number of carbonyl (C=O) groups excluding carboxylic acids is 1. The summed E-state index contributed by atoms with van der Waals surface area (Å²) in [6, 6.07) is 29.9. The maximum absolute atomic E-state index is 14.3. The number of rotatable bonds is 15. The highest BCUT2D eigenvalue weighted by molar-refractivity contribution is 6.99. The van der Waals surface area contributed by atoms with Crippen molar-refractivity contribution in [1.82, 2.24) is 0 Å². The average Bonchev–Trinajstić information content (AvgIpc) is 3.27. The Morgan fingerprint density at radius 1 is 0.845 bits per heavy atom. The molecule has 1 fully saturated rings. The van der Waals surface area contributed by atoms with Gasteiger partial charge >= 0.3 is 5.97 Å². The number of hydrogen-bond acceptors (Lipinski definition) is 6. The fourth-order valence-corrected chi connectivity index (χ4v) is 15.2. The van der Waals surface area contributed by atoms with Crippen LogP contribution in [-0.4, -0.2) is 55.6 Å².